The van der Waals surface area contributed by atoms with Gasteiger partial charge in [0.25, 0.3) is 0 Å². The predicted molar refractivity (Wildman–Crippen MR) is 45.8 cm³/mol. The van der Waals surface area contributed by atoms with Gasteiger partial charge < -0.3 is 4.74 Å². The topological polar surface area (TPSA) is 52.1 Å². The van der Waals surface area contributed by atoms with Crippen LogP contribution in [0.5, 0.6) is 0 Å². The second-order valence-corrected chi connectivity index (χ2v) is 2.97. The normalized spacial score (nSPS) is 9.58. The smallest absolute Gasteiger partial charge is 0.376 e. The Hall–Kier alpha value is -0.970. The first kappa shape index (κ1) is 9.12. The van der Waals surface area contributed by atoms with Crippen molar-refractivity contribution in [1.29, 1.82) is 0 Å². The summed E-state index contributed by atoms with van der Waals surface area (Å²) in [5.41, 5.74) is 0.713. The van der Waals surface area contributed by atoms with E-state index in [2.05, 4.69) is 30.6 Å². The molecule has 0 aromatic carbocycles. The fourth-order valence-corrected chi connectivity index (χ4v) is 0.833. The van der Waals surface area contributed by atoms with Crippen molar-refractivity contribution < 1.29 is 9.53 Å². The van der Waals surface area contributed by atoms with Gasteiger partial charge in [0.05, 0.1) is 17.3 Å². The highest BCUT2D eigenvalue weighted by atomic mass is 79.9. The Bertz CT molecular complexity index is 314. The Morgan fingerprint density at radius 2 is 2.33 bits per heavy atom. The number of methoxy groups -OCH3 is 1. The number of nitrogens with zero attached hydrogens (tertiary/aromatic N) is 2. The zero-order valence-electron chi connectivity index (χ0n) is 6.67. The van der Waals surface area contributed by atoms with Crippen LogP contribution in [0.1, 0.15) is 16.3 Å². The monoisotopic (exact) mass is 230 g/mol. The molecule has 0 saturated heterocycles. The molecule has 0 radical (unpaired) electrons. The number of aromatic nitrogens is 2. The maximum atomic E-state index is 10.9. The molecular formula is C7H7BrN2O2. The van der Waals surface area contributed by atoms with Gasteiger partial charge in [-0.15, -0.1) is 0 Å². The van der Waals surface area contributed by atoms with Gasteiger partial charge in [0.2, 0.25) is 5.82 Å². The number of hydrogen-bond acceptors (Lipinski definition) is 4. The Morgan fingerprint density at radius 3 is 2.83 bits per heavy atom. The first-order chi connectivity index (χ1) is 5.65. The van der Waals surface area contributed by atoms with E-state index in [1.165, 1.54) is 13.3 Å². The highest BCUT2D eigenvalue weighted by Crippen LogP contribution is 2.11. The van der Waals surface area contributed by atoms with Gasteiger partial charge in [-0.1, -0.05) is 0 Å². The molecule has 0 spiro atoms. The van der Waals surface area contributed by atoms with Crippen LogP contribution in [-0.2, 0) is 4.74 Å². The van der Waals surface area contributed by atoms with Crippen molar-refractivity contribution in [2.24, 2.45) is 0 Å². The van der Waals surface area contributed by atoms with E-state index in [1.54, 1.807) is 6.92 Å². The summed E-state index contributed by atoms with van der Waals surface area (Å²) in [6.07, 6.45) is 1.52. The maximum absolute atomic E-state index is 10.9. The minimum absolute atomic E-state index is 0.0817. The summed E-state index contributed by atoms with van der Waals surface area (Å²) in [5.74, 6) is -0.441. The molecule has 1 heterocycles. The molecule has 0 unspecified atom stereocenters. The molecule has 1 rings (SSSR count). The van der Waals surface area contributed by atoms with Crippen molar-refractivity contribution in [3.05, 3.63) is 22.2 Å². The van der Waals surface area contributed by atoms with E-state index in [0.717, 1.165) is 4.47 Å². The maximum Gasteiger partial charge on any atom is 0.376 e. The molecule has 0 aliphatic rings. The number of ether oxygens (including phenoxy) is 1. The van der Waals surface area contributed by atoms with Crippen molar-refractivity contribution in [3.63, 3.8) is 0 Å². The highest BCUT2D eigenvalue weighted by Gasteiger charge is 2.09. The third-order valence-electron chi connectivity index (χ3n) is 1.29. The zero-order valence-corrected chi connectivity index (χ0v) is 8.25. The Kier molecular flexibility index (Phi) is 2.75. The minimum atomic E-state index is -0.523. The first-order valence-corrected chi connectivity index (χ1v) is 4.02. The standard InChI is InChI=1S/C7H7BrN2O2/c1-4-5(8)3-9-6(10-4)7(11)12-2/h3H,1-2H3. The lowest BCUT2D eigenvalue weighted by Crippen LogP contribution is -2.07. The Balaban J connectivity index is 3.05. The van der Waals surface area contributed by atoms with Crippen LogP contribution < -0.4 is 0 Å². The second kappa shape index (κ2) is 3.62. The molecule has 4 nitrogen and oxygen atoms in total. The summed E-state index contributed by atoms with van der Waals surface area (Å²) >= 11 is 3.22. The van der Waals surface area contributed by atoms with E-state index < -0.39 is 5.97 Å². The van der Waals surface area contributed by atoms with Gasteiger partial charge in [0, 0.05) is 6.20 Å². The molecule has 0 aliphatic carbocycles. The van der Waals surface area contributed by atoms with Gasteiger partial charge in [0.15, 0.2) is 0 Å². The average Bonchev–Trinajstić information content (AvgIpc) is 2.08. The molecule has 1 aromatic rings. The molecule has 0 atom stereocenters. The van der Waals surface area contributed by atoms with Gasteiger partial charge in [-0.05, 0) is 22.9 Å². The Morgan fingerprint density at radius 1 is 1.67 bits per heavy atom. The van der Waals surface area contributed by atoms with E-state index in [-0.39, 0.29) is 5.82 Å². The lowest BCUT2D eigenvalue weighted by Gasteiger charge is -1.99. The SMILES string of the molecule is COC(=O)c1ncc(Br)c(C)n1. The zero-order chi connectivity index (χ0) is 9.14. The summed E-state index contributed by atoms with van der Waals surface area (Å²) < 4.78 is 5.23. The quantitative estimate of drug-likeness (QED) is 0.684. The van der Waals surface area contributed by atoms with Gasteiger partial charge in [-0.25, -0.2) is 14.8 Å². The Labute approximate surface area is 78.1 Å². The van der Waals surface area contributed by atoms with E-state index >= 15 is 0 Å². The molecule has 1 aromatic heterocycles. The summed E-state index contributed by atoms with van der Waals surface area (Å²) in [6.45, 7) is 1.78. The molecule has 64 valence electrons. The molecule has 0 aliphatic heterocycles. The molecule has 12 heavy (non-hydrogen) atoms. The molecule has 0 bridgehead atoms. The van der Waals surface area contributed by atoms with Crippen LogP contribution in [0.15, 0.2) is 10.7 Å². The predicted octanol–water partition coefficient (Wildman–Crippen LogP) is 1.33. The van der Waals surface area contributed by atoms with Crippen LogP contribution in [0, 0.1) is 6.92 Å². The minimum Gasteiger partial charge on any atom is -0.463 e. The number of rotatable bonds is 1. The number of carbonyl (C=O) groups is 1. The van der Waals surface area contributed by atoms with Gasteiger partial charge in [-0.3, -0.25) is 0 Å². The molecule has 0 amide bonds. The fraction of sp³-hybridized carbons (Fsp3) is 0.286. The number of halogens is 1. The van der Waals surface area contributed by atoms with E-state index in [9.17, 15) is 4.79 Å². The van der Waals surface area contributed by atoms with Gasteiger partial charge in [-0.2, -0.15) is 0 Å². The van der Waals surface area contributed by atoms with E-state index in [4.69, 9.17) is 0 Å². The molecular weight excluding hydrogens is 224 g/mol. The number of hydrogen-bond donors (Lipinski definition) is 0. The number of esters is 1. The third-order valence-corrected chi connectivity index (χ3v) is 2.07. The van der Waals surface area contributed by atoms with Crippen LogP contribution in [0.3, 0.4) is 0 Å². The van der Waals surface area contributed by atoms with Crippen LogP contribution in [0.2, 0.25) is 0 Å². The number of aryl methyl sites for hydroxylation is 1. The summed E-state index contributed by atoms with van der Waals surface area (Å²) in [4.78, 5) is 18.6. The van der Waals surface area contributed by atoms with Crippen LogP contribution >= 0.6 is 15.9 Å². The van der Waals surface area contributed by atoms with Gasteiger partial charge >= 0.3 is 5.97 Å². The largest absolute Gasteiger partial charge is 0.463 e. The second-order valence-electron chi connectivity index (χ2n) is 2.12. The summed E-state index contributed by atoms with van der Waals surface area (Å²) in [5, 5.41) is 0. The van der Waals surface area contributed by atoms with Crippen LogP contribution in [-0.4, -0.2) is 23.0 Å². The average molecular weight is 231 g/mol. The lowest BCUT2D eigenvalue weighted by atomic mass is 10.4. The van der Waals surface area contributed by atoms with E-state index in [1.807, 2.05) is 0 Å². The molecule has 0 fully saturated rings. The van der Waals surface area contributed by atoms with Crippen molar-refractivity contribution in [1.82, 2.24) is 9.97 Å². The fourth-order valence-electron chi connectivity index (χ4n) is 0.642. The molecule has 0 saturated carbocycles. The third kappa shape index (κ3) is 1.79. The van der Waals surface area contributed by atoms with Crippen LogP contribution in [0.4, 0.5) is 0 Å². The molecule has 5 heteroatoms. The highest BCUT2D eigenvalue weighted by molar-refractivity contribution is 9.10. The van der Waals surface area contributed by atoms with Gasteiger partial charge in [0.1, 0.15) is 0 Å². The first-order valence-electron chi connectivity index (χ1n) is 3.22. The summed E-state index contributed by atoms with van der Waals surface area (Å²) in [7, 11) is 1.29. The van der Waals surface area contributed by atoms with Crippen LogP contribution in [0.25, 0.3) is 0 Å². The van der Waals surface area contributed by atoms with Crippen molar-refractivity contribution in [3.8, 4) is 0 Å². The van der Waals surface area contributed by atoms with Crippen molar-refractivity contribution in [2.45, 2.75) is 6.92 Å². The summed E-state index contributed by atoms with van der Waals surface area (Å²) in [6, 6.07) is 0. The van der Waals surface area contributed by atoms with Crippen molar-refractivity contribution >= 4 is 21.9 Å². The number of carbonyl (C=O) groups excluding carboxylic acids is 1. The lowest BCUT2D eigenvalue weighted by molar-refractivity contribution is 0.0586. The molecule has 0 N–H and O–H groups in total. The van der Waals surface area contributed by atoms with E-state index in [0.29, 0.717) is 5.69 Å². The van der Waals surface area contributed by atoms with Crippen molar-refractivity contribution in [2.75, 3.05) is 7.11 Å².